The molecule has 5 heteroatoms. The van der Waals surface area contributed by atoms with Gasteiger partial charge in [-0.15, -0.1) is 11.3 Å². The zero-order valence-electron chi connectivity index (χ0n) is 11.2. The Balaban J connectivity index is 2.39. The molecule has 1 atom stereocenters. The van der Waals surface area contributed by atoms with Gasteiger partial charge in [0.1, 0.15) is 11.9 Å². The van der Waals surface area contributed by atoms with Gasteiger partial charge in [-0.2, -0.15) is 0 Å². The Hall–Kier alpha value is -1.72. The minimum Gasteiger partial charge on any atom is -0.457 e. The summed E-state index contributed by atoms with van der Waals surface area (Å²) in [5, 5.41) is 9.43. The molecule has 1 aromatic carbocycles. The lowest BCUT2D eigenvalue weighted by Crippen LogP contribution is -2.02. The Bertz CT molecular complexity index is 621. The summed E-state index contributed by atoms with van der Waals surface area (Å²) in [5.41, 5.74) is 1.41. The van der Waals surface area contributed by atoms with Crippen LogP contribution >= 0.6 is 11.3 Å². The van der Waals surface area contributed by atoms with Crippen LogP contribution in [0.3, 0.4) is 0 Å². The zero-order valence-corrected chi connectivity index (χ0v) is 12.0. The van der Waals surface area contributed by atoms with E-state index in [0.29, 0.717) is 11.1 Å². The van der Waals surface area contributed by atoms with Crippen LogP contribution < -0.4 is 0 Å². The first-order valence-electron chi connectivity index (χ1n) is 6.18. The molecule has 0 radical (unpaired) electrons. The Kier molecular flexibility index (Phi) is 4.52. The van der Waals surface area contributed by atoms with E-state index in [1.807, 2.05) is 0 Å². The smallest absolute Gasteiger partial charge is 0.303 e. The van der Waals surface area contributed by atoms with Crippen LogP contribution in [0.15, 0.2) is 30.3 Å². The van der Waals surface area contributed by atoms with Gasteiger partial charge in [0.05, 0.1) is 6.61 Å². The third-order valence-corrected chi connectivity index (χ3v) is 4.22. The molecule has 0 aliphatic rings. The summed E-state index contributed by atoms with van der Waals surface area (Å²) < 4.78 is 18.4. The second-order valence-electron chi connectivity index (χ2n) is 4.42. The number of carbonyl (C=O) groups is 1. The highest BCUT2D eigenvalue weighted by atomic mass is 32.1. The van der Waals surface area contributed by atoms with Gasteiger partial charge in [-0.3, -0.25) is 4.79 Å². The van der Waals surface area contributed by atoms with Crippen molar-refractivity contribution < 1.29 is 19.0 Å². The Labute approximate surface area is 120 Å². The fraction of sp³-hybridized carbons (Fsp3) is 0.267. The summed E-state index contributed by atoms with van der Waals surface area (Å²) in [6.07, 6.45) is -0.384. The van der Waals surface area contributed by atoms with Crippen LogP contribution in [0.4, 0.5) is 4.39 Å². The highest BCUT2D eigenvalue weighted by Gasteiger charge is 2.17. The van der Waals surface area contributed by atoms with Crippen molar-refractivity contribution in [2.45, 2.75) is 26.6 Å². The highest BCUT2D eigenvalue weighted by Crippen LogP contribution is 2.37. The molecule has 1 heterocycles. The molecule has 0 saturated heterocycles. The van der Waals surface area contributed by atoms with Gasteiger partial charge >= 0.3 is 5.97 Å². The van der Waals surface area contributed by atoms with Gasteiger partial charge in [-0.05, 0) is 36.2 Å². The quantitative estimate of drug-likeness (QED) is 0.875. The molecule has 106 valence electrons. The average molecular weight is 294 g/mol. The standard InChI is InChI=1S/C15H15FO3S/c1-9(19-10(2)18)14-7-12(8-17)15(20-14)11-4-3-5-13(16)6-11/h3-7,9,17H,8H2,1-2H3. The molecule has 2 aromatic rings. The largest absolute Gasteiger partial charge is 0.457 e. The second-order valence-corrected chi connectivity index (χ2v) is 5.51. The van der Waals surface area contributed by atoms with Gasteiger partial charge in [0.2, 0.25) is 0 Å². The molecule has 1 unspecified atom stereocenters. The first-order chi connectivity index (χ1) is 9.51. The summed E-state index contributed by atoms with van der Waals surface area (Å²) in [6.45, 7) is 2.98. The molecular formula is C15H15FO3S. The number of aliphatic hydroxyl groups excluding tert-OH is 1. The number of ether oxygens (including phenoxy) is 1. The monoisotopic (exact) mass is 294 g/mol. The molecule has 20 heavy (non-hydrogen) atoms. The van der Waals surface area contributed by atoms with Crippen LogP contribution in [-0.4, -0.2) is 11.1 Å². The number of aliphatic hydroxyl groups is 1. The molecule has 1 N–H and O–H groups in total. The molecule has 3 nitrogen and oxygen atoms in total. The molecule has 1 aromatic heterocycles. The first-order valence-corrected chi connectivity index (χ1v) is 6.99. The zero-order chi connectivity index (χ0) is 14.7. The molecule has 2 rings (SSSR count). The van der Waals surface area contributed by atoms with E-state index < -0.39 is 0 Å². The van der Waals surface area contributed by atoms with Crippen molar-refractivity contribution in [3.05, 3.63) is 46.6 Å². The van der Waals surface area contributed by atoms with E-state index in [0.717, 1.165) is 9.75 Å². The summed E-state index contributed by atoms with van der Waals surface area (Å²) in [7, 11) is 0. The lowest BCUT2D eigenvalue weighted by molar-refractivity contribution is -0.145. The average Bonchev–Trinajstić information content (AvgIpc) is 2.82. The molecule has 0 aliphatic carbocycles. The lowest BCUT2D eigenvalue weighted by atomic mass is 10.1. The third kappa shape index (κ3) is 3.23. The number of halogens is 1. The van der Waals surface area contributed by atoms with Crippen molar-refractivity contribution in [2.24, 2.45) is 0 Å². The van der Waals surface area contributed by atoms with Crippen molar-refractivity contribution in [1.29, 1.82) is 0 Å². The lowest BCUT2D eigenvalue weighted by Gasteiger charge is -2.08. The van der Waals surface area contributed by atoms with Crippen LogP contribution in [0.5, 0.6) is 0 Å². The summed E-state index contributed by atoms with van der Waals surface area (Å²) in [5.74, 6) is -0.682. The molecule has 0 aliphatic heterocycles. The topological polar surface area (TPSA) is 46.5 Å². The summed E-state index contributed by atoms with van der Waals surface area (Å²) >= 11 is 1.39. The number of esters is 1. The maximum Gasteiger partial charge on any atom is 0.303 e. The number of thiophene rings is 1. The maximum atomic E-state index is 13.3. The van der Waals surface area contributed by atoms with E-state index >= 15 is 0 Å². The van der Waals surface area contributed by atoms with E-state index in [1.54, 1.807) is 25.1 Å². The number of hydrogen-bond donors (Lipinski definition) is 1. The third-order valence-electron chi connectivity index (χ3n) is 2.83. The van der Waals surface area contributed by atoms with E-state index in [2.05, 4.69) is 0 Å². The predicted octanol–water partition coefficient (Wildman–Crippen LogP) is 3.67. The molecule has 0 amide bonds. The van der Waals surface area contributed by atoms with Gasteiger partial charge in [0, 0.05) is 16.7 Å². The van der Waals surface area contributed by atoms with Crippen LogP contribution in [0, 0.1) is 5.82 Å². The van der Waals surface area contributed by atoms with E-state index in [4.69, 9.17) is 4.74 Å². The summed E-state index contributed by atoms with van der Waals surface area (Å²) in [6, 6.07) is 8.00. The van der Waals surface area contributed by atoms with E-state index in [1.165, 1.54) is 30.4 Å². The van der Waals surface area contributed by atoms with Gasteiger partial charge in [0.15, 0.2) is 0 Å². The number of carbonyl (C=O) groups excluding carboxylic acids is 1. The van der Waals surface area contributed by atoms with Crippen molar-refractivity contribution in [1.82, 2.24) is 0 Å². The van der Waals surface area contributed by atoms with Crippen molar-refractivity contribution in [2.75, 3.05) is 0 Å². The van der Waals surface area contributed by atoms with Gasteiger partial charge < -0.3 is 9.84 Å². The Morgan fingerprint density at radius 3 is 2.80 bits per heavy atom. The van der Waals surface area contributed by atoms with Crippen molar-refractivity contribution >= 4 is 17.3 Å². The minimum absolute atomic E-state index is 0.144. The molecule has 0 bridgehead atoms. The second kappa shape index (κ2) is 6.15. The fourth-order valence-electron chi connectivity index (χ4n) is 1.95. The van der Waals surface area contributed by atoms with E-state index in [9.17, 15) is 14.3 Å². The SMILES string of the molecule is CC(=O)OC(C)c1cc(CO)c(-c2cccc(F)c2)s1. The van der Waals surface area contributed by atoms with Gasteiger partial charge in [-0.25, -0.2) is 4.39 Å². The van der Waals surface area contributed by atoms with Crippen molar-refractivity contribution in [3.63, 3.8) is 0 Å². The van der Waals surface area contributed by atoms with Gasteiger partial charge in [-0.1, -0.05) is 12.1 Å². The minimum atomic E-state index is -0.384. The Morgan fingerprint density at radius 2 is 2.20 bits per heavy atom. The first kappa shape index (κ1) is 14.7. The maximum absolute atomic E-state index is 13.3. The van der Waals surface area contributed by atoms with Crippen LogP contribution in [0.1, 0.15) is 30.4 Å². The molecule has 0 spiro atoms. The number of rotatable bonds is 4. The van der Waals surface area contributed by atoms with E-state index in [-0.39, 0.29) is 24.5 Å². The van der Waals surface area contributed by atoms with Crippen LogP contribution in [0.2, 0.25) is 0 Å². The fourth-order valence-corrected chi connectivity index (χ4v) is 3.10. The molecule has 0 saturated carbocycles. The van der Waals surface area contributed by atoms with Gasteiger partial charge in [0.25, 0.3) is 0 Å². The normalized spacial score (nSPS) is 12.2. The molecular weight excluding hydrogens is 279 g/mol. The van der Waals surface area contributed by atoms with Crippen molar-refractivity contribution in [3.8, 4) is 10.4 Å². The van der Waals surface area contributed by atoms with Crippen LogP contribution in [-0.2, 0) is 16.1 Å². The molecule has 0 fully saturated rings. The van der Waals surface area contributed by atoms with Crippen LogP contribution in [0.25, 0.3) is 10.4 Å². The highest BCUT2D eigenvalue weighted by molar-refractivity contribution is 7.15. The number of hydrogen-bond acceptors (Lipinski definition) is 4. The number of benzene rings is 1. The predicted molar refractivity (Wildman–Crippen MR) is 75.8 cm³/mol. The summed E-state index contributed by atoms with van der Waals surface area (Å²) in [4.78, 5) is 12.6. The Morgan fingerprint density at radius 1 is 1.45 bits per heavy atom.